The van der Waals surface area contributed by atoms with Gasteiger partial charge in [0.05, 0.1) is 19.0 Å². The summed E-state index contributed by atoms with van der Waals surface area (Å²) in [5, 5.41) is 7.44. The number of anilines is 4. The Bertz CT molecular complexity index is 945. The number of piperazine rings is 1. The van der Waals surface area contributed by atoms with Crippen LogP contribution in [-0.4, -0.2) is 74.5 Å². The summed E-state index contributed by atoms with van der Waals surface area (Å²) in [4.78, 5) is 13.9. The van der Waals surface area contributed by atoms with Crippen LogP contribution in [0.2, 0.25) is 5.02 Å². The van der Waals surface area contributed by atoms with Gasteiger partial charge >= 0.3 is 0 Å². The maximum absolute atomic E-state index is 6.49. The quantitative estimate of drug-likeness (QED) is 0.562. The molecule has 0 amide bonds. The smallest absolute Gasteiger partial charge is 0.229 e. The van der Waals surface area contributed by atoms with Crippen molar-refractivity contribution in [2.45, 2.75) is 32.7 Å². The summed E-state index contributed by atoms with van der Waals surface area (Å²) in [7, 11) is 3.85. The number of ether oxygens (including phenoxy) is 2. The third-order valence-corrected chi connectivity index (χ3v) is 7.12. The van der Waals surface area contributed by atoms with Gasteiger partial charge in [-0.3, -0.25) is 0 Å². The Kier molecular flexibility index (Phi) is 8.34. The first-order chi connectivity index (χ1) is 16.4. The molecule has 2 aliphatic heterocycles. The number of nitrogens with zero attached hydrogens (tertiary/aromatic N) is 4. The van der Waals surface area contributed by atoms with E-state index in [2.05, 4.69) is 58.4 Å². The second-order valence-corrected chi connectivity index (χ2v) is 9.96. The molecular formula is C25H37ClN6O2. The summed E-state index contributed by atoms with van der Waals surface area (Å²) < 4.78 is 11.2. The largest absolute Gasteiger partial charge is 0.494 e. The van der Waals surface area contributed by atoms with Crippen molar-refractivity contribution in [1.82, 2.24) is 14.9 Å². The fourth-order valence-corrected chi connectivity index (χ4v) is 4.90. The molecule has 0 bridgehead atoms. The molecule has 3 heterocycles. The first-order valence-corrected chi connectivity index (χ1v) is 12.6. The summed E-state index contributed by atoms with van der Waals surface area (Å²) in [6, 6.07) is 6.48. The highest BCUT2D eigenvalue weighted by Gasteiger charge is 2.27. The Morgan fingerprint density at radius 1 is 1.15 bits per heavy atom. The molecule has 1 aromatic carbocycles. The van der Waals surface area contributed by atoms with E-state index in [1.54, 1.807) is 13.3 Å². The molecule has 34 heavy (non-hydrogen) atoms. The monoisotopic (exact) mass is 488 g/mol. The number of halogens is 1. The zero-order valence-corrected chi connectivity index (χ0v) is 21.4. The van der Waals surface area contributed by atoms with E-state index in [0.717, 1.165) is 69.4 Å². The van der Waals surface area contributed by atoms with E-state index in [0.29, 0.717) is 28.6 Å². The van der Waals surface area contributed by atoms with E-state index in [1.807, 2.05) is 6.07 Å². The molecule has 8 nitrogen and oxygen atoms in total. The molecule has 2 saturated heterocycles. The molecule has 1 aromatic heterocycles. The third-order valence-electron chi connectivity index (χ3n) is 6.84. The molecule has 1 unspecified atom stereocenters. The predicted octanol–water partition coefficient (Wildman–Crippen LogP) is 4.50. The normalized spacial score (nSPS) is 18.7. The average molecular weight is 489 g/mol. The van der Waals surface area contributed by atoms with E-state index in [1.165, 1.54) is 0 Å². The van der Waals surface area contributed by atoms with Crippen LogP contribution < -0.4 is 20.3 Å². The summed E-state index contributed by atoms with van der Waals surface area (Å²) in [5.41, 5.74) is 1.98. The van der Waals surface area contributed by atoms with Gasteiger partial charge in [0.25, 0.3) is 0 Å². The van der Waals surface area contributed by atoms with Crippen LogP contribution in [0.25, 0.3) is 0 Å². The second-order valence-electron chi connectivity index (χ2n) is 9.55. The van der Waals surface area contributed by atoms with Crippen LogP contribution in [0.5, 0.6) is 5.75 Å². The molecule has 186 valence electrons. The van der Waals surface area contributed by atoms with Crippen LogP contribution in [-0.2, 0) is 4.74 Å². The summed E-state index contributed by atoms with van der Waals surface area (Å²) in [6.07, 6.45) is 3.73. The van der Waals surface area contributed by atoms with Gasteiger partial charge in [-0.1, -0.05) is 25.4 Å². The fourth-order valence-electron chi connectivity index (χ4n) is 4.76. The zero-order chi connectivity index (χ0) is 24.1. The highest BCUT2D eigenvalue weighted by atomic mass is 35.5. The lowest BCUT2D eigenvalue weighted by Gasteiger charge is -2.34. The maximum Gasteiger partial charge on any atom is 0.229 e. The lowest BCUT2D eigenvalue weighted by atomic mass is 9.85. The number of hydrogen-bond donors (Lipinski definition) is 2. The zero-order valence-electron chi connectivity index (χ0n) is 20.7. The van der Waals surface area contributed by atoms with Crippen molar-refractivity contribution in [2.24, 2.45) is 11.8 Å². The van der Waals surface area contributed by atoms with Gasteiger partial charge in [-0.05, 0) is 43.9 Å². The van der Waals surface area contributed by atoms with E-state index >= 15 is 0 Å². The van der Waals surface area contributed by atoms with Gasteiger partial charge in [0.15, 0.2) is 5.82 Å². The molecule has 2 N–H and O–H groups in total. The second kappa shape index (κ2) is 11.4. The molecule has 9 heteroatoms. The van der Waals surface area contributed by atoms with Crippen molar-refractivity contribution in [3.05, 3.63) is 29.4 Å². The molecule has 0 radical (unpaired) electrons. The van der Waals surface area contributed by atoms with E-state index < -0.39 is 0 Å². The number of rotatable bonds is 8. The van der Waals surface area contributed by atoms with Crippen molar-refractivity contribution in [3.8, 4) is 5.75 Å². The predicted molar refractivity (Wildman–Crippen MR) is 139 cm³/mol. The molecule has 2 aliphatic rings. The molecule has 0 spiro atoms. The number of methoxy groups -OCH3 is 1. The number of nitrogens with one attached hydrogen (secondary N) is 2. The third kappa shape index (κ3) is 6.03. The van der Waals surface area contributed by atoms with Crippen molar-refractivity contribution in [3.63, 3.8) is 0 Å². The minimum absolute atomic E-state index is 0.265. The SMILES string of the molecule is COc1cc(N2CCN(C)CC2)ccc1Nc1ncc(Cl)c(NC(C(C)C)C2CCOCC2)n1. The summed E-state index contributed by atoms with van der Waals surface area (Å²) in [6.45, 7) is 10.2. The topological polar surface area (TPSA) is 74.8 Å². The Balaban J connectivity index is 1.50. The Morgan fingerprint density at radius 3 is 2.56 bits per heavy atom. The van der Waals surface area contributed by atoms with Crippen molar-refractivity contribution >= 4 is 34.7 Å². The lowest BCUT2D eigenvalue weighted by molar-refractivity contribution is 0.0558. The van der Waals surface area contributed by atoms with Crippen LogP contribution in [0, 0.1) is 11.8 Å². The van der Waals surface area contributed by atoms with Crippen molar-refractivity contribution in [1.29, 1.82) is 0 Å². The molecule has 0 saturated carbocycles. The van der Waals surface area contributed by atoms with Gasteiger partial charge in [-0.15, -0.1) is 0 Å². The fraction of sp³-hybridized carbons (Fsp3) is 0.600. The van der Waals surface area contributed by atoms with E-state index in [4.69, 9.17) is 26.1 Å². The van der Waals surface area contributed by atoms with Crippen LogP contribution in [0.1, 0.15) is 26.7 Å². The highest BCUT2D eigenvalue weighted by molar-refractivity contribution is 6.32. The van der Waals surface area contributed by atoms with Crippen LogP contribution in [0.4, 0.5) is 23.1 Å². The van der Waals surface area contributed by atoms with Gasteiger partial charge in [-0.25, -0.2) is 4.98 Å². The highest BCUT2D eigenvalue weighted by Crippen LogP contribution is 2.33. The number of hydrogen-bond acceptors (Lipinski definition) is 8. The van der Waals surface area contributed by atoms with Gasteiger partial charge in [0.2, 0.25) is 5.95 Å². The first-order valence-electron chi connectivity index (χ1n) is 12.2. The number of likely N-dealkylation sites (N-methyl/N-ethyl adjacent to an activating group) is 1. The summed E-state index contributed by atoms with van der Waals surface area (Å²) >= 11 is 6.49. The molecule has 4 rings (SSSR count). The van der Waals surface area contributed by atoms with E-state index in [-0.39, 0.29) is 6.04 Å². The number of aromatic nitrogens is 2. The molecule has 2 fully saturated rings. The van der Waals surface area contributed by atoms with Gasteiger partial charge in [0.1, 0.15) is 10.8 Å². The first kappa shape index (κ1) is 24.8. The van der Waals surface area contributed by atoms with Crippen molar-refractivity contribution in [2.75, 3.05) is 69.1 Å². The van der Waals surface area contributed by atoms with Gasteiger partial charge < -0.3 is 29.9 Å². The Labute approximate surface area is 208 Å². The standard InChI is InChI=1S/C25H37ClN6O2/c1-17(2)23(18-7-13-34-14-8-18)29-24-20(26)16-27-25(30-24)28-21-6-5-19(15-22(21)33-4)32-11-9-31(3)10-12-32/h5-6,15-18,23H,7-14H2,1-4H3,(H2,27,28,29,30). The Hall–Kier alpha value is -2.29. The van der Waals surface area contributed by atoms with Crippen LogP contribution in [0.3, 0.4) is 0 Å². The summed E-state index contributed by atoms with van der Waals surface area (Å²) in [5.74, 6) is 2.85. The minimum atomic E-state index is 0.265. The lowest BCUT2D eigenvalue weighted by Crippen LogP contribution is -2.44. The maximum atomic E-state index is 6.49. The van der Waals surface area contributed by atoms with Crippen LogP contribution >= 0.6 is 11.6 Å². The van der Waals surface area contributed by atoms with Crippen LogP contribution in [0.15, 0.2) is 24.4 Å². The average Bonchev–Trinajstić information content (AvgIpc) is 2.85. The molecule has 0 aliphatic carbocycles. The van der Waals surface area contributed by atoms with E-state index in [9.17, 15) is 0 Å². The molecule has 1 atom stereocenters. The molecule has 2 aromatic rings. The molecular weight excluding hydrogens is 452 g/mol. The van der Waals surface area contributed by atoms with Crippen molar-refractivity contribution < 1.29 is 9.47 Å². The van der Waals surface area contributed by atoms with Gasteiger partial charge in [-0.2, -0.15) is 4.98 Å². The Morgan fingerprint density at radius 2 is 1.88 bits per heavy atom. The van der Waals surface area contributed by atoms with Gasteiger partial charge in [0, 0.05) is 57.2 Å². The number of benzene rings is 1. The minimum Gasteiger partial charge on any atom is -0.494 e.